The Morgan fingerprint density at radius 3 is 2.61 bits per heavy atom. The summed E-state index contributed by atoms with van der Waals surface area (Å²) in [4.78, 5) is 8.89. The molecule has 1 atom stereocenters. The Kier molecular flexibility index (Phi) is 8.09. The molecule has 4 rings (SSSR count). The molecule has 0 radical (unpaired) electrons. The highest BCUT2D eigenvalue weighted by atomic mass is 19.2. The van der Waals surface area contributed by atoms with E-state index in [0.717, 1.165) is 42.4 Å². The lowest BCUT2D eigenvalue weighted by atomic mass is 9.97. The molecule has 0 saturated heterocycles. The van der Waals surface area contributed by atoms with E-state index in [1.807, 2.05) is 13.0 Å². The van der Waals surface area contributed by atoms with E-state index in [4.69, 9.17) is 4.74 Å². The minimum absolute atomic E-state index is 0.000534. The molecule has 186 valence electrons. The first-order valence-corrected chi connectivity index (χ1v) is 12.3. The minimum atomic E-state index is -0.872. The van der Waals surface area contributed by atoms with Gasteiger partial charge in [-0.2, -0.15) is 0 Å². The van der Waals surface area contributed by atoms with Crippen molar-refractivity contribution < 1.29 is 13.5 Å². The van der Waals surface area contributed by atoms with Crippen molar-refractivity contribution in [3.05, 3.63) is 112 Å². The van der Waals surface area contributed by atoms with Crippen molar-refractivity contribution in [2.24, 2.45) is 9.98 Å². The third-order valence-corrected chi connectivity index (χ3v) is 6.65. The van der Waals surface area contributed by atoms with Crippen LogP contribution in [-0.4, -0.2) is 25.1 Å². The molecule has 0 N–H and O–H groups in total. The number of hydrogen-bond acceptors (Lipinski definition) is 3. The molecule has 0 fully saturated rings. The first kappa shape index (κ1) is 25.5. The first-order chi connectivity index (χ1) is 17.4. The zero-order chi connectivity index (χ0) is 25.7. The van der Waals surface area contributed by atoms with Gasteiger partial charge in [0.2, 0.25) is 0 Å². The number of nitrogens with zero attached hydrogens (tertiary/aromatic N) is 2. The van der Waals surface area contributed by atoms with Crippen LogP contribution in [0.15, 0.2) is 93.3 Å². The first-order valence-electron chi connectivity index (χ1n) is 12.3. The van der Waals surface area contributed by atoms with Gasteiger partial charge in [0, 0.05) is 18.4 Å². The average molecular weight is 487 g/mol. The summed E-state index contributed by atoms with van der Waals surface area (Å²) in [7, 11) is 0. The zero-order valence-electron chi connectivity index (χ0n) is 21.2. The third-order valence-electron chi connectivity index (χ3n) is 6.65. The van der Waals surface area contributed by atoms with Crippen LogP contribution in [0.3, 0.4) is 0 Å². The van der Waals surface area contributed by atoms with Gasteiger partial charge in [0.05, 0.1) is 29.8 Å². The van der Waals surface area contributed by atoms with Crippen LogP contribution in [0, 0.1) is 18.6 Å². The molecule has 0 bridgehead atoms. The molecule has 2 aliphatic rings. The van der Waals surface area contributed by atoms with Gasteiger partial charge in [-0.1, -0.05) is 47.5 Å². The van der Waals surface area contributed by atoms with Crippen LogP contribution in [0.2, 0.25) is 0 Å². The highest BCUT2D eigenvalue weighted by Crippen LogP contribution is 2.30. The lowest BCUT2D eigenvalue weighted by Crippen LogP contribution is -2.07. The maximum atomic E-state index is 14.2. The van der Waals surface area contributed by atoms with E-state index in [0.29, 0.717) is 18.7 Å². The maximum absolute atomic E-state index is 14.2. The Bertz CT molecular complexity index is 1300. The number of aryl methyl sites for hydroxylation is 1. The molecule has 36 heavy (non-hydrogen) atoms. The number of hydrogen-bond donors (Lipinski definition) is 0. The van der Waals surface area contributed by atoms with Gasteiger partial charge in [-0.15, -0.1) is 0 Å². The second-order valence-corrected chi connectivity index (χ2v) is 9.40. The molecular formula is C31H32F2N2O. The Morgan fingerprint density at radius 1 is 1.08 bits per heavy atom. The van der Waals surface area contributed by atoms with Crippen LogP contribution in [-0.2, 0) is 4.74 Å². The van der Waals surface area contributed by atoms with E-state index >= 15 is 0 Å². The van der Waals surface area contributed by atoms with Gasteiger partial charge in [-0.25, -0.2) is 13.8 Å². The lowest BCUT2D eigenvalue weighted by molar-refractivity contribution is 0.203. The van der Waals surface area contributed by atoms with Gasteiger partial charge in [-0.05, 0) is 81.3 Å². The highest BCUT2D eigenvalue weighted by Gasteiger charge is 2.19. The molecule has 0 aromatic heterocycles. The molecule has 2 aliphatic heterocycles. The maximum Gasteiger partial charge on any atom is 0.168 e. The Morgan fingerprint density at radius 2 is 1.86 bits per heavy atom. The molecule has 0 saturated carbocycles. The second kappa shape index (κ2) is 11.4. The summed E-state index contributed by atoms with van der Waals surface area (Å²) in [6, 6.07) is 12.7. The largest absolute Gasteiger partial charge is 0.498 e. The third kappa shape index (κ3) is 5.96. The van der Waals surface area contributed by atoms with E-state index in [1.54, 1.807) is 12.1 Å². The summed E-state index contributed by atoms with van der Waals surface area (Å²) in [6.45, 7) is 10.6. The smallest absolute Gasteiger partial charge is 0.168 e. The Balaban J connectivity index is 1.43. The highest BCUT2D eigenvalue weighted by molar-refractivity contribution is 6.12. The molecule has 0 aliphatic carbocycles. The van der Waals surface area contributed by atoms with Crippen molar-refractivity contribution in [1.82, 2.24) is 0 Å². The van der Waals surface area contributed by atoms with E-state index in [1.165, 1.54) is 28.3 Å². The van der Waals surface area contributed by atoms with Gasteiger partial charge >= 0.3 is 0 Å². The zero-order valence-corrected chi connectivity index (χ0v) is 21.2. The van der Waals surface area contributed by atoms with Crippen molar-refractivity contribution >= 4 is 18.0 Å². The summed E-state index contributed by atoms with van der Waals surface area (Å²) in [6.07, 6.45) is 9.04. The van der Waals surface area contributed by atoms with Gasteiger partial charge in [0.15, 0.2) is 11.6 Å². The van der Waals surface area contributed by atoms with Crippen LogP contribution in [0.25, 0.3) is 5.57 Å². The van der Waals surface area contributed by atoms with Gasteiger partial charge in [0.1, 0.15) is 0 Å². The number of benzene rings is 2. The molecule has 3 nitrogen and oxygen atoms in total. The second-order valence-electron chi connectivity index (χ2n) is 9.40. The predicted octanol–water partition coefficient (Wildman–Crippen LogP) is 7.92. The van der Waals surface area contributed by atoms with Crippen molar-refractivity contribution in [2.75, 3.05) is 6.61 Å². The molecule has 1 unspecified atom stereocenters. The number of aliphatic imine (C=N–C) groups is 2. The van der Waals surface area contributed by atoms with Crippen molar-refractivity contribution in [1.29, 1.82) is 0 Å². The summed E-state index contributed by atoms with van der Waals surface area (Å²) in [5.41, 5.74) is 7.28. The van der Waals surface area contributed by atoms with Crippen molar-refractivity contribution in [3.63, 3.8) is 0 Å². The quantitative estimate of drug-likeness (QED) is 0.349. The molecule has 2 heterocycles. The van der Waals surface area contributed by atoms with E-state index in [9.17, 15) is 8.78 Å². The summed E-state index contributed by atoms with van der Waals surface area (Å²) >= 11 is 0. The van der Waals surface area contributed by atoms with Crippen LogP contribution in [0.1, 0.15) is 56.2 Å². The van der Waals surface area contributed by atoms with Gasteiger partial charge in [-0.3, -0.25) is 4.99 Å². The predicted molar refractivity (Wildman–Crippen MR) is 144 cm³/mol. The molecule has 2 aromatic rings. The van der Waals surface area contributed by atoms with E-state index in [2.05, 4.69) is 60.9 Å². The fraction of sp³-hybridized carbons (Fsp3) is 0.290. The molecule has 0 spiro atoms. The van der Waals surface area contributed by atoms with Crippen molar-refractivity contribution in [2.45, 2.75) is 52.5 Å². The van der Waals surface area contributed by atoms with Crippen LogP contribution < -0.4 is 0 Å². The minimum Gasteiger partial charge on any atom is -0.498 e. The normalized spacial score (nSPS) is 17.8. The Hall–Kier alpha value is -3.60. The topological polar surface area (TPSA) is 34.0 Å². The molecular weight excluding hydrogens is 454 g/mol. The van der Waals surface area contributed by atoms with Crippen LogP contribution in [0.4, 0.5) is 8.78 Å². The van der Waals surface area contributed by atoms with Crippen molar-refractivity contribution in [3.8, 4) is 0 Å². The number of halogens is 2. The molecule has 5 heteroatoms. The summed E-state index contributed by atoms with van der Waals surface area (Å²) < 4.78 is 33.9. The van der Waals surface area contributed by atoms with Crippen LogP contribution in [0.5, 0.6) is 0 Å². The van der Waals surface area contributed by atoms with Gasteiger partial charge < -0.3 is 4.74 Å². The van der Waals surface area contributed by atoms with Gasteiger partial charge in [0.25, 0.3) is 0 Å². The lowest BCUT2D eigenvalue weighted by Gasteiger charge is -2.14. The summed E-state index contributed by atoms with van der Waals surface area (Å²) in [5.74, 6) is -0.820. The molecule has 2 aromatic carbocycles. The Labute approximate surface area is 212 Å². The SMILES string of the molecule is C=NC(CCC=C1N=C(c2cccc(F)c2F)C=C1C)CC1=CC(c2ccc(C)cc2)=C(C)CCO1. The van der Waals surface area contributed by atoms with Crippen LogP contribution >= 0.6 is 0 Å². The standard InChI is InChI=1S/C31H32F2N2O/c1-20-11-13-23(14-12-20)27-19-25(36-16-15-21(27)2)18-24(34-4)7-5-10-29-22(3)17-30(35-29)26-8-6-9-28(32)31(26)33/h6,8-14,17,19,24H,4-5,7,15-16,18H2,1-3H3. The monoisotopic (exact) mass is 486 g/mol. The fourth-order valence-electron chi connectivity index (χ4n) is 4.45. The van der Waals surface area contributed by atoms with E-state index < -0.39 is 11.6 Å². The molecule has 0 amide bonds. The fourth-order valence-corrected chi connectivity index (χ4v) is 4.45. The number of allylic oxidation sites excluding steroid dienone is 5. The number of ether oxygens (including phenoxy) is 1. The summed E-state index contributed by atoms with van der Waals surface area (Å²) in [5, 5.41) is 0. The number of rotatable bonds is 8. The van der Waals surface area contributed by atoms with E-state index in [-0.39, 0.29) is 11.6 Å². The average Bonchev–Trinajstić information content (AvgIpc) is 3.12.